The van der Waals surface area contributed by atoms with E-state index in [4.69, 9.17) is 4.74 Å². The number of aryl methyl sites for hydroxylation is 2. The summed E-state index contributed by atoms with van der Waals surface area (Å²) in [6, 6.07) is 0. The van der Waals surface area contributed by atoms with Crippen molar-refractivity contribution in [2.75, 3.05) is 0 Å². The van der Waals surface area contributed by atoms with E-state index >= 15 is 0 Å². The van der Waals surface area contributed by atoms with Crippen LogP contribution >= 0.6 is 11.3 Å². The van der Waals surface area contributed by atoms with Crippen molar-refractivity contribution in [3.05, 3.63) is 38.3 Å². The van der Waals surface area contributed by atoms with Crippen molar-refractivity contribution in [1.82, 2.24) is 9.97 Å². The zero-order chi connectivity index (χ0) is 19.4. The van der Waals surface area contributed by atoms with Crippen molar-refractivity contribution >= 4 is 27.5 Å². The maximum Gasteiger partial charge on any atom is 0.310 e. The van der Waals surface area contributed by atoms with Gasteiger partial charge >= 0.3 is 5.97 Å². The fourth-order valence-electron chi connectivity index (χ4n) is 3.57. The van der Waals surface area contributed by atoms with Crippen LogP contribution in [0.3, 0.4) is 0 Å². The van der Waals surface area contributed by atoms with Gasteiger partial charge in [0, 0.05) is 4.88 Å². The molecule has 0 radical (unpaired) electrons. The lowest BCUT2D eigenvalue weighted by Gasteiger charge is -2.13. The van der Waals surface area contributed by atoms with Gasteiger partial charge in [-0.05, 0) is 51.5 Å². The Labute approximate surface area is 157 Å². The highest BCUT2D eigenvalue weighted by molar-refractivity contribution is 7.18. The molecule has 0 bridgehead atoms. The molecule has 3 atom stereocenters. The lowest BCUT2D eigenvalue weighted by Crippen LogP contribution is -2.19. The number of H-pyrrole nitrogens is 1. The van der Waals surface area contributed by atoms with Gasteiger partial charge in [0.1, 0.15) is 4.83 Å². The normalized spacial score (nSPS) is 22.1. The molecule has 26 heavy (non-hydrogen) atoms. The smallest absolute Gasteiger partial charge is 0.310 e. The van der Waals surface area contributed by atoms with Gasteiger partial charge in [-0.15, -0.1) is 11.3 Å². The lowest BCUT2D eigenvalue weighted by atomic mass is 10.1. The van der Waals surface area contributed by atoms with Gasteiger partial charge in [0.25, 0.3) is 5.56 Å². The highest BCUT2D eigenvalue weighted by Crippen LogP contribution is 2.60. The summed E-state index contributed by atoms with van der Waals surface area (Å²) in [7, 11) is 0. The van der Waals surface area contributed by atoms with E-state index in [2.05, 4.69) is 29.9 Å². The second-order valence-corrected chi connectivity index (χ2v) is 9.27. The van der Waals surface area contributed by atoms with E-state index in [0.717, 1.165) is 10.4 Å². The van der Waals surface area contributed by atoms with Crippen LogP contribution in [0.25, 0.3) is 10.2 Å². The van der Waals surface area contributed by atoms with E-state index in [1.807, 2.05) is 27.7 Å². The number of rotatable bonds is 4. The molecule has 1 fully saturated rings. The second-order valence-electron chi connectivity index (χ2n) is 8.06. The Morgan fingerprint density at radius 2 is 2.00 bits per heavy atom. The number of aromatic amines is 1. The zero-order valence-corrected chi connectivity index (χ0v) is 17.2. The number of thiophene rings is 1. The Morgan fingerprint density at radius 3 is 2.62 bits per heavy atom. The molecule has 0 aliphatic heterocycles. The number of allylic oxidation sites excluding steroid dienone is 2. The van der Waals surface area contributed by atoms with E-state index < -0.39 is 6.10 Å². The SMILES string of the molecule is CC(C)=C[C@@H]1[C@@H](C(=O)O[C@H](C)c2nc3sc(C)c(C)c3c(=O)[nH]2)C1(C)C. The average molecular weight is 375 g/mol. The van der Waals surface area contributed by atoms with Gasteiger partial charge in [0.05, 0.1) is 11.3 Å². The number of esters is 1. The highest BCUT2D eigenvalue weighted by Gasteiger charge is 2.61. The first-order valence-electron chi connectivity index (χ1n) is 8.89. The Kier molecular flexibility index (Phi) is 4.59. The summed E-state index contributed by atoms with van der Waals surface area (Å²) in [5, 5.41) is 0.627. The van der Waals surface area contributed by atoms with Crippen LogP contribution in [0.2, 0.25) is 0 Å². The number of carbonyl (C=O) groups is 1. The zero-order valence-electron chi connectivity index (χ0n) is 16.4. The van der Waals surface area contributed by atoms with Gasteiger partial charge in [-0.1, -0.05) is 25.5 Å². The summed E-state index contributed by atoms with van der Waals surface area (Å²) in [6.45, 7) is 13.9. The fraction of sp³-hybridized carbons (Fsp3) is 0.550. The molecule has 1 N–H and O–H groups in total. The quantitative estimate of drug-likeness (QED) is 0.634. The predicted molar refractivity (Wildman–Crippen MR) is 104 cm³/mol. The summed E-state index contributed by atoms with van der Waals surface area (Å²) >= 11 is 1.49. The summed E-state index contributed by atoms with van der Waals surface area (Å²) in [4.78, 5) is 34.1. The summed E-state index contributed by atoms with van der Waals surface area (Å²) in [5.74, 6) is 0.214. The van der Waals surface area contributed by atoms with Crippen molar-refractivity contribution in [3.8, 4) is 0 Å². The van der Waals surface area contributed by atoms with Crippen LogP contribution in [-0.2, 0) is 9.53 Å². The molecule has 3 rings (SSSR count). The molecule has 0 amide bonds. The van der Waals surface area contributed by atoms with Crippen LogP contribution in [0, 0.1) is 31.1 Å². The van der Waals surface area contributed by atoms with Gasteiger partial charge < -0.3 is 9.72 Å². The Hall–Kier alpha value is -1.95. The van der Waals surface area contributed by atoms with Crippen molar-refractivity contribution < 1.29 is 9.53 Å². The summed E-state index contributed by atoms with van der Waals surface area (Å²) in [6.07, 6.45) is 1.55. The molecule has 1 saturated carbocycles. The number of hydrogen-bond donors (Lipinski definition) is 1. The molecule has 6 heteroatoms. The minimum absolute atomic E-state index is 0.0964. The van der Waals surface area contributed by atoms with Crippen LogP contribution in [0.4, 0.5) is 0 Å². The van der Waals surface area contributed by atoms with Crippen molar-refractivity contribution in [1.29, 1.82) is 0 Å². The molecule has 0 saturated heterocycles. The Balaban J connectivity index is 1.82. The Morgan fingerprint density at radius 1 is 1.35 bits per heavy atom. The topological polar surface area (TPSA) is 72.0 Å². The molecule has 5 nitrogen and oxygen atoms in total. The van der Waals surface area contributed by atoms with E-state index in [0.29, 0.717) is 16.0 Å². The largest absolute Gasteiger partial charge is 0.454 e. The number of nitrogens with zero attached hydrogens (tertiary/aromatic N) is 1. The molecule has 0 unspecified atom stereocenters. The number of hydrogen-bond acceptors (Lipinski definition) is 5. The van der Waals surface area contributed by atoms with Gasteiger partial charge in [-0.2, -0.15) is 0 Å². The molecule has 0 aromatic carbocycles. The molecule has 1 aliphatic rings. The predicted octanol–water partition coefficient (Wildman–Crippen LogP) is 4.44. The molecule has 2 heterocycles. The highest BCUT2D eigenvalue weighted by atomic mass is 32.1. The van der Waals surface area contributed by atoms with Gasteiger partial charge in [-0.25, -0.2) is 4.98 Å². The molecular formula is C20H26N2O3S. The van der Waals surface area contributed by atoms with Crippen LogP contribution in [0.1, 0.15) is 57.0 Å². The summed E-state index contributed by atoms with van der Waals surface area (Å²) < 4.78 is 5.65. The average Bonchev–Trinajstić information content (AvgIpc) is 2.91. The van der Waals surface area contributed by atoms with E-state index in [9.17, 15) is 9.59 Å². The Bertz CT molecular complexity index is 963. The van der Waals surface area contributed by atoms with Crippen LogP contribution in [-0.4, -0.2) is 15.9 Å². The minimum atomic E-state index is -0.592. The molecule has 2 aromatic rings. The van der Waals surface area contributed by atoms with Crippen molar-refractivity contribution in [2.24, 2.45) is 17.3 Å². The van der Waals surface area contributed by atoms with E-state index in [-0.39, 0.29) is 28.8 Å². The number of nitrogens with one attached hydrogen (secondary N) is 1. The molecular weight excluding hydrogens is 348 g/mol. The van der Waals surface area contributed by atoms with Gasteiger partial charge in [-0.3, -0.25) is 9.59 Å². The number of carbonyl (C=O) groups excluding carboxylic acids is 1. The first kappa shape index (κ1) is 18.8. The first-order valence-corrected chi connectivity index (χ1v) is 9.71. The van der Waals surface area contributed by atoms with Crippen LogP contribution in [0.5, 0.6) is 0 Å². The second kappa shape index (κ2) is 6.34. The van der Waals surface area contributed by atoms with E-state index in [1.54, 1.807) is 6.92 Å². The standard InChI is InChI=1S/C20H26N2O3S/c1-9(2)8-13-15(20(13,6)7)19(24)25-11(4)16-21-17(23)14-10(3)12(5)26-18(14)22-16/h8,11,13,15H,1-7H3,(H,21,22,23)/t11-,13-,15+/m1/s1. The number of ether oxygens (including phenoxy) is 1. The van der Waals surface area contributed by atoms with Crippen LogP contribution < -0.4 is 5.56 Å². The fourth-order valence-corrected chi connectivity index (χ4v) is 4.60. The molecule has 1 aliphatic carbocycles. The van der Waals surface area contributed by atoms with Gasteiger partial charge in [0.15, 0.2) is 11.9 Å². The monoisotopic (exact) mass is 374 g/mol. The third kappa shape index (κ3) is 3.11. The number of fused-ring (bicyclic) bond motifs is 1. The lowest BCUT2D eigenvalue weighted by molar-refractivity contribution is -0.151. The molecule has 140 valence electrons. The van der Waals surface area contributed by atoms with Gasteiger partial charge in [0.2, 0.25) is 0 Å². The maximum atomic E-state index is 12.6. The van der Waals surface area contributed by atoms with Crippen LogP contribution in [0.15, 0.2) is 16.4 Å². The third-order valence-corrected chi connectivity index (χ3v) is 6.51. The van der Waals surface area contributed by atoms with Crippen molar-refractivity contribution in [2.45, 2.75) is 54.6 Å². The molecule has 2 aromatic heterocycles. The van der Waals surface area contributed by atoms with Crippen molar-refractivity contribution in [3.63, 3.8) is 0 Å². The number of aromatic nitrogens is 2. The molecule has 0 spiro atoms. The maximum absolute atomic E-state index is 12.6. The minimum Gasteiger partial charge on any atom is -0.454 e. The summed E-state index contributed by atoms with van der Waals surface area (Å²) in [5.41, 5.74) is 1.88. The third-order valence-electron chi connectivity index (χ3n) is 5.41. The first-order chi connectivity index (χ1) is 12.0. The van der Waals surface area contributed by atoms with E-state index in [1.165, 1.54) is 16.9 Å².